The molecule has 140 valence electrons. The van der Waals surface area contributed by atoms with E-state index in [-0.39, 0.29) is 26.4 Å². The summed E-state index contributed by atoms with van der Waals surface area (Å²) in [6.07, 6.45) is 0. The Morgan fingerprint density at radius 1 is 1.19 bits per heavy atom. The summed E-state index contributed by atoms with van der Waals surface area (Å²) in [5.41, 5.74) is 0.229. The number of ether oxygens (including phenoxy) is 1. The molecule has 0 saturated carbocycles. The van der Waals surface area contributed by atoms with Crippen LogP contribution in [0.5, 0.6) is 5.75 Å². The lowest BCUT2D eigenvalue weighted by Crippen LogP contribution is -2.41. The van der Waals surface area contributed by atoms with Crippen LogP contribution in [0.1, 0.15) is 6.92 Å². The number of hydrogen-bond donors (Lipinski definition) is 2. The summed E-state index contributed by atoms with van der Waals surface area (Å²) in [6, 6.07) is 6.58. The molecule has 26 heavy (non-hydrogen) atoms. The van der Waals surface area contributed by atoms with Gasteiger partial charge in [-0.15, -0.1) is 0 Å². The normalized spacial score (nSPS) is 12.5. The number of carbonyl (C=O) groups is 1. The highest BCUT2D eigenvalue weighted by molar-refractivity contribution is 7.89. The Hall–Kier alpha value is -1.87. The van der Waals surface area contributed by atoms with Crippen LogP contribution in [0, 0.1) is 5.82 Å². The molecule has 2 rings (SSSR count). The third kappa shape index (κ3) is 4.85. The minimum Gasteiger partial charge on any atom is -0.495 e. The van der Waals surface area contributed by atoms with Crippen LogP contribution in [-0.4, -0.2) is 27.5 Å². The van der Waals surface area contributed by atoms with Crippen molar-refractivity contribution in [3.8, 4) is 5.75 Å². The first-order chi connectivity index (χ1) is 12.1. The van der Waals surface area contributed by atoms with Gasteiger partial charge in [0.15, 0.2) is 0 Å². The fourth-order valence-electron chi connectivity index (χ4n) is 2.03. The maximum absolute atomic E-state index is 13.1. The summed E-state index contributed by atoms with van der Waals surface area (Å²) in [5.74, 6) is -1.21. The van der Waals surface area contributed by atoms with E-state index in [1.807, 2.05) is 0 Å². The quantitative estimate of drug-likeness (QED) is 0.749. The molecule has 0 saturated heterocycles. The third-order valence-corrected chi connectivity index (χ3v) is 5.41. The number of halogens is 3. The molecule has 0 aliphatic heterocycles. The Labute approximate surface area is 160 Å². The van der Waals surface area contributed by atoms with Gasteiger partial charge in [0.05, 0.1) is 18.2 Å². The molecule has 1 amide bonds. The Kier molecular flexibility index (Phi) is 6.46. The Morgan fingerprint density at radius 2 is 1.88 bits per heavy atom. The highest BCUT2D eigenvalue weighted by Gasteiger charge is 2.25. The Morgan fingerprint density at radius 3 is 2.50 bits per heavy atom. The van der Waals surface area contributed by atoms with Gasteiger partial charge < -0.3 is 10.1 Å². The van der Waals surface area contributed by atoms with Crippen molar-refractivity contribution in [1.82, 2.24) is 4.72 Å². The Bertz CT molecular complexity index is 938. The first-order valence-electron chi connectivity index (χ1n) is 7.26. The molecule has 0 aliphatic rings. The first-order valence-corrected chi connectivity index (χ1v) is 9.49. The maximum Gasteiger partial charge on any atom is 0.245 e. The highest BCUT2D eigenvalue weighted by atomic mass is 35.5. The zero-order valence-electron chi connectivity index (χ0n) is 13.7. The number of methoxy groups -OCH3 is 1. The van der Waals surface area contributed by atoms with Gasteiger partial charge in [-0.25, -0.2) is 12.8 Å². The molecular weight excluding hydrogens is 406 g/mol. The summed E-state index contributed by atoms with van der Waals surface area (Å²) in [5, 5.41) is 2.48. The highest BCUT2D eigenvalue weighted by Crippen LogP contribution is 2.27. The lowest BCUT2D eigenvalue weighted by molar-refractivity contribution is -0.117. The zero-order chi connectivity index (χ0) is 19.5. The predicted octanol–water partition coefficient (Wildman–Crippen LogP) is 3.45. The summed E-state index contributed by atoms with van der Waals surface area (Å²) < 4.78 is 45.5. The molecule has 2 aromatic rings. The van der Waals surface area contributed by atoms with E-state index in [9.17, 15) is 17.6 Å². The van der Waals surface area contributed by atoms with Gasteiger partial charge in [-0.05, 0) is 43.3 Å². The van der Waals surface area contributed by atoms with E-state index >= 15 is 0 Å². The second kappa shape index (κ2) is 8.22. The van der Waals surface area contributed by atoms with Crippen molar-refractivity contribution in [3.05, 3.63) is 52.3 Å². The number of sulfonamides is 1. The van der Waals surface area contributed by atoms with Crippen LogP contribution < -0.4 is 14.8 Å². The average Bonchev–Trinajstić information content (AvgIpc) is 2.57. The minimum absolute atomic E-state index is 0.0832. The van der Waals surface area contributed by atoms with E-state index in [2.05, 4.69) is 10.0 Å². The number of anilines is 1. The van der Waals surface area contributed by atoms with Crippen LogP contribution in [0.4, 0.5) is 10.1 Å². The minimum atomic E-state index is -4.08. The van der Waals surface area contributed by atoms with E-state index in [1.165, 1.54) is 44.4 Å². The molecule has 10 heteroatoms. The van der Waals surface area contributed by atoms with E-state index in [4.69, 9.17) is 27.9 Å². The SMILES string of the molecule is COc1ccc(Cl)cc1S(=O)(=O)N[C@@H](C)C(=O)Nc1ccc(F)c(Cl)c1. The van der Waals surface area contributed by atoms with Crippen molar-refractivity contribution in [2.75, 3.05) is 12.4 Å². The summed E-state index contributed by atoms with van der Waals surface area (Å²) in [6.45, 7) is 1.36. The number of hydrogen-bond acceptors (Lipinski definition) is 4. The molecule has 2 aromatic carbocycles. The molecule has 0 fully saturated rings. The van der Waals surface area contributed by atoms with Crippen LogP contribution in [0.15, 0.2) is 41.3 Å². The molecule has 0 spiro atoms. The smallest absolute Gasteiger partial charge is 0.245 e. The van der Waals surface area contributed by atoms with Gasteiger partial charge in [0.25, 0.3) is 0 Å². The summed E-state index contributed by atoms with van der Waals surface area (Å²) >= 11 is 11.5. The fraction of sp³-hybridized carbons (Fsp3) is 0.188. The fourth-order valence-corrected chi connectivity index (χ4v) is 3.85. The van der Waals surface area contributed by atoms with E-state index < -0.39 is 27.8 Å². The van der Waals surface area contributed by atoms with Crippen molar-refractivity contribution in [2.24, 2.45) is 0 Å². The van der Waals surface area contributed by atoms with Crippen molar-refractivity contribution >= 4 is 44.8 Å². The van der Waals surface area contributed by atoms with E-state index in [1.54, 1.807) is 0 Å². The van der Waals surface area contributed by atoms with Gasteiger partial charge in [-0.3, -0.25) is 4.79 Å². The second-order valence-electron chi connectivity index (χ2n) is 5.26. The molecule has 0 radical (unpaired) electrons. The van der Waals surface area contributed by atoms with Crippen molar-refractivity contribution in [2.45, 2.75) is 17.9 Å². The van der Waals surface area contributed by atoms with E-state index in [0.29, 0.717) is 0 Å². The Balaban J connectivity index is 2.17. The molecule has 0 bridgehead atoms. The molecule has 2 N–H and O–H groups in total. The molecule has 0 heterocycles. The van der Waals surface area contributed by atoms with Gasteiger partial charge in [-0.2, -0.15) is 4.72 Å². The monoisotopic (exact) mass is 420 g/mol. The number of amides is 1. The molecule has 6 nitrogen and oxygen atoms in total. The molecule has 0 aromatic heterocycles. The van der Waals surface area contributed by atoms with Gasteiger partial charge >= 0.3 is 0 Å². The van der Waals surface area contributed by atoms with E-state index in [0.717, 1.165) is 6.07 Å². The largest absolute Gasteiger partial charge is 0.495 e. The maximum atomic E-state index is 13.1. The number of carbonyl (C=O) groups excluding carboxylic acids is 1. The number of rotatable bonds is 6. The second-order valence-corrected chi connectivity index (χ2v) is 7.78. The number of benzene rings is 2. The van der Waals surface area contributed by atoms with Crippen LogP contribution >= 0.6 is 23.2 Å². The summed E-state index contributed by atoms with van der Waals surface area (Å²) in [4.78, 5) is 12.0. The van der Waals surface area contributed by atoms with Crippen LogP contribution in [-0.2, 0) is 14.8 Å². The lowest BCUT2D eigenvalue weighted by atomic mass is 10.3. The average molecular weight is 421 g/mol. The van der Waals surface area contributed by atoms with Gasteiger partial charge in [0.2, 0.25) is 15.9 Å². The third-order valence-electron chi connectivity index (χ3n) is 3.33. The van der Waals surface area contributed by atoms with Crippen molar-refractivity contribution < 1.29 is 22.3 Å². The standard InChI is InChI=1S/C16H15Cl2FN2O4S/c1-9(16(22)20-11-4-5-13(19)12(18)8-11)21-26(23,24)15-7-10(17)3-6-14(15)25-2/h3-9,21H,1-2H3,(H,20,22)/t9-/m0/s1. The predicted molar refractivity (Wildman–Crippen MR) is 97.8 cm³/mol. The first kappa shape index (κ1) is 20.4. The van der Waals surface area contributed by atoms with Crippen molar-refractivity contribution in [3.63, 3.8) is 0 Å². The lowest BCUT2D eigenvalue weighted by Gasteiger charge is -2.16. The molecular formula is C16H15Cl2FN2O4S. The van der Waals surface area contributed by atoms with Gasteiger partial charge in [0, 0.05) is 10.7 Å². The molecule has 0 unspecified atom stereocenters. The van der Waals surface area contributed by atoms with Crippen LogP contribution in [0.2, 0.25) is 10.0 Å². The van der Waals surface area contributed by atoms with Gasteiger partial charge in [-0.1, -0.05) is 23.2 Å². The number of nitrogens with one attached hydrogen (secondary N) is 2. The molecule has 1 atom stereocenters. The topological polar surface area (TPSA) is 84.5 Å². The van der Waals surface area contributed by atoms with Crippen LogP contribution in [0.25, 0.3) is 0 Å². The molecule has 0 aliphatic carbocycles. The van der Waals surface area contributed by atoms with Crippen LogP contribution in [0.3, 0.4) is 0 Å². The van der Waals surface area contributed by atoms with Crippen molar-refractivity contribution in [1.29, 1.82) is 0 Å². The van der Waals surface area contributed by atoms with Gasteiger partial charge in [0.1, 0.15) is 16.5 Å². The zero-order valence-corrected chi connectivity index (χ0v) is 16.0. The summed E-state index contributed by atoms with van der Waals surface area (Å²) in [7, 11) is -2.77.